The maximum absolute atomic E-state index is 5.38. The molecule has 0 radical (unpaired) electrons. The SMILES string of the molecule is CC1(C)c2[c-]c(ccc2)C(c2ccccc2)=Nc2ccccc2N=C(c2ccccc2)c2[c-]c1cc1ccccc21.[Pt+2]. The van der Waals surface area contributed by atoms with Crippen LogP contribution in [0.2, 0.25) is 0 Å². The molecule has 0 atom stereocenters. The van der Waals surface area contributed by atoms with Crippen molar-refractivity contribution < 1.29 is 21.1 Å². The van der Waals surface area contributed by atoms with Gasteiger partial charge in [-0.25, -0.2) is 0 Å². The molecule has 0 saturated heterocycles. The molecule has 2 nitrogen and oxygen atoms in total. The summed E-state index contributed by atoms with van der Waals surface area (Å²) in [7, 11) is 0. The summed E-state index contributed by atoms with van der Waals surface area (Å²) in [6, 6.07) is 53.7. The average molecular weight is 720 g/mol. The molecule has 1 aliphatic heterocycles. The summed E-state index contributed by atoms with van der Waals surface area (Å²) in [4.78, 5) is 10.7. The molecule has 6 aromatic rings. The number of aliphatic imine (C=N–C) groups is 2. The molecule has 0 spiro atoms. The maximum atomic E-state index is 5.38. The van der Waals surface area contributed by atoms with Gasteiger partial charge >= 0.3 is 21.1 Å². The quantitative estimate of drug-likeness (QED) is 0.160. The first kappa shape index (κ1) is 27.8. The van der Waals surface area contributed by atoms with Gasteiger partial charge in [-0.05, 0) is 40.1 Å². The van der Waals surface area contributed by atoms with Crippen LogP contribution in [0.25, 0.3) is 10.8 Å². The Morgan fingerprint density at radius 3 is 1.79 bits per heavy atom. The fourth-order valence-electron chi connectivity index (χ4n) is 5.52. The summed E-state index contributed by atoms with van der Waals surface area (Å²) in [5.74, 6) is 0. The van der Waals surface area contributed by atoms with Crippen molar-refractivity contribution in [1.82, 2.24) is 0 Å². The van der Waals surface area contributed by atoms with Gasteiger partial charge in [0, 0.05) is 0 Å². The van der Waals surface area contributed by atoms with E-state index in [1.54, 1.807) is 0 Å². The largest absolute Gasteiger partial charge is 2.00 e. The fraction of sp³-hybridized carbons (Fsp3) is 0.0769. The first-order valence-electron chi connectivity index (χ1n) is 13.9. The van der Waals surface area contributed by atoms with Crippen molar-refractivity contribution >= 4 is 33.6 Å². The van der Waals surface area contributed by atoms with E-state index in [2.05, 4.69) is 123 Å². The Balaban J connectivity index is 0.00000316. The molecule has 7 rings (SSSR count). The summed E-state index contributed by atoms with van der Waals surface area (Å²) in [6.45, 7) is 4.50. The third kappa shape index (κ3) is 5.08. The molecule has 6 aromatic carbocycles. The molecule has 0 aliphatic carbocycles. The third-order valence-corrected chi connectivity index (χ3v) is 7.86. The van der Waals surface area contributed by atoms with Gasteiger partial charge in [-0.2, -0.15) is 0 Å². The Kier molecular flexibility index (Phi) is 7.58. The van der Waals surface area contributed by atoms with Crippen molar-refractivity contribution in [3.63, 3.8) is 0 Å². The summed E-state index contributed by atoms with van der Waals surface area (Å²) < 4.78 is 0. The molecule has 4 bridgehead atoms. The summed E-state index contributed by atoms with van der Waals surface area (Å²) >= 11 is 0. The van der Waals surface area contributed by atoms with E-state index in [9.17, 15) is 0 Å². The molecule has 0 amide bonds. The molecule has 0 N–H and O–H groups in total. The van der Waals surface area contributed by atoms with E-state index in [0.717, 1.165) is 67.0 Å². The van der Waals surface area contributed by atoms with E-state index in [-0.39, 0.29) is 26.5 Å². The summed E-state index contributed by atoms with van der Waals surface area (Å²) in [6.07, 6.45) is 0. The number of benzene rings is 6. The van der Waals surface area contributed by atoms with Crippen molar-refractivity contribution in [3.05, 3.63) is 179 Å². The fourth-order valence-corrected chi connectivity index (χ4v) is 5.52. The van der Waals surface area contributed by atoms with Crippen LogP contribution in [0.3, 0.4) is 0 Å². The molecule has 0 fully saturated rings. The third-order valence-electron chi connectivity index (χ3n) is 7.86. The van der Waals surface area contributed by atoms with Crippen LogP contribution in [-0.4, -0.2) is 11.4 Å². The molecule has 1 heterocycles. The van der Waals surface area contributed by atoms with Crippen LogP contribution in [0.1, 0.15) is 47.2 Å². The molecule has 3 heteroatoms. The molecule has 204 valence electrons. The summed E-state index contributed by atoms with van der Waals surface area (Å²) in [5, 5.41) is 2.28. The molecule has 42 heavy (non-hydrogen) atoms. The monoisotopic (exact) mass is 719 g/mol. The Bertz CT molecular complexity index is 1950. The first-order chi connectivity index (χ1) is 20.1. The minimum atomic E-state index is -0.376. The molecule has 0 unspecified atom stereocenters. The molecular formula is C39H28N2Pt. The van der Waals surface area contributed by atoms with E-state index in [4.69, 9.17) is 9.98 Å². The van der Waals surface area contributed by atoms with Gasteiger partial charge in [0.15, 0.2) is 0 Å². The number of hydrogen-bond donors (Lipinski definition) is 0. The molecule has 1 aliphatic rings. The second-order valence-corrected chi connectivity index (χ2v) is 10.9. The van der Waals surface area contributed by atoms with Crippen LogP contribution in [0, 0.1) is 12.1 Å². The standard InChI is InChI=1S/C39H28N2.Pt/c1-39(2)31-20-13-19-30(25-31)37(27-14-5-3-6-15-27)40-35-22-11-12-23-36(35)41-38(28-16-7-4-8-17-28)34-26-32(39)24-29-18-9-10-21-33(29)34;/h3-24H,1-2H3;/q-2;+2. The van der Waals surface area contributed by atoms with Crippen LogP contribution in [0.15, 0.2) is 143 Å². The van der Waals surface area contributed by atoms with Gasteiger partial charge in [0.2, 0.25) is 0 Å². The van der Waals surface area contributed by atoms with E-state index in [1.165, 1.54) is 0 Å². The zero-order chi connectivity index (χ0) is 27.8. The van der Waals surface area contributed by atoms with Gasteiger partial charge < -0.3 is 0 Å². The summed E-state index contributed by atoms with van der Waals surface area (Å²) in [5.41, 5.74) is 9.15. The smallest absolute Gasteiger partial charge is 0.294 e. The van der Waals surface area contributed by atoms with Gasteiger partial charge in [0.1, 0.15) is 0 Å². The van der Waals surface area contributed by atoms with Crippen LogP contribution >= 0.6 is 0 Å². The second kappa shape index (κ2) is 11.5. The van der Waals surface area contributed by atoms with Gasteiger partial charge in [0.25, 0.3) is 0 Å². The first-order valence-corrected chi connectivity index (χ1v) is 13.9. The van der Waals surface area contributed by atoms with E-state index in [0.29, 0.717) is 0 Å². The predicted molar refractivity (Wildman–Crippen MR) is 170 cm³/mol. The van der Waals surface area contributed by atoms with Crippen molar-refractivity contribution in [2.24, 2.45) is 9.98 Å². The molecule has 0 saturated carbocycles. The van der Waals surface area contributed by atoms with Crippen molar-refractivity contribution in [2.75, 3.05) is 0 Å². The van der Waals surface area contributed by atoms with Crippen LogP contribution < -0.4 is 0 Å². The number of nitrogens with zero attached hydrogens (tertiary/aromatic N) is 2. The van der Waals surface area contributed by atoms with Gasteiger partial charge in [-0.1, -0.05) is 116 Å². The van der Waals surface area contributed by atoms with Gasteiger partial charge in [-0.15, -0.1) is 64.0 Å². The van der Waals surface area contributed by atoms with Crippen LogP contribution in [0.4, 0.5) is 11.4 Å². The Morgan fingerprint density at radius 1 is 0.524 bits per heavy atom. The van der Waals surface area contributed by atoms with E-state index >= 15 is 0 Å². The van der Waals surface area contributed by atoms with Crippen molar-refractivity contribution in [1.29, 1.82) is 0 Å². The van der Waals surface area contributed by atoms with Crippen molar-refractivity contribution in [2.45, 2.75) is 19.3 Å². The van der Waals surface area contributed by atoms with Crippen molar-refractivity contribution in [3.8, 4) is 0 Å². The Morgan fingerprint density at radius 2 is 1.10 bits per heavy atom. The normalized spacial score (nSPS) is 13.8. The maximum Gasteiger partial charge on any atom is 2.00 e. The zero-order valence-electron chi connectivity index (χ0n) is 23.4. The van der Waals surface area contributed by atoms with Crippen LogP contribution in [-0.2, 0) is 26.5 Å². The molecular weight excluding hydrogens is 692 g/mol. The second-order valence-electron chi connectivity index (χ2n) is 10.9. The topological polar surface area (TPSA) is 24.7 Å². The Labute approximate surface area is 261 Å². The van der Waals surface area contributed by atoms with E-state index < -0.39 is 0 Å². The minimum absolute atomic E-state index is 0. The van der Waals surface area contributed by atoms with Gasteiger partial charge in [-0.3, -0.25) is 9.98 Å². The van der Waals surface area contributed by atoms with Gasteiger partial charge in [0.05, 0.1) is 11.4 Å². The average Bonchev–Trinajstić information content (AvgIpc) is 3.03. The zero-order valence-corrected chi connectivity index (χ0v) is 25.7. The van der Waals surface area contributed by atoms with Crippen LogP contribution in [0.5, 0.6) is 0 Å². The number of para-hydroxylation sites is 2. The minimum Gasteiger partial charge on any atom is -0.294 e. The number of rotatable bonds is 2. The van der Waals surface area contributed by atoms with E-state index in [1.807, 2.05) is 36.4 Å². The number of fused-ring (bicyclic) bond motifs is 7. The Hall–Kier alpha value is -4.39. The molecule has 0 aromatic heterocycles. The predicted octanol–water partition coefficient (Wildman–Crippen LogP) is 9.42. The number of hydrogen-bond acceptors (Lipinski definition) is 2.